The van der Waals surface area contributed by atoms with Crippen molar-refractivity contribution in [3.63, 3.8) is 0 Å². The maximum atomic E-state index is 12.8. The first-order valence-electron chi connectivity index (χ1n) is 7.81. The molecular formula is C17H25N3O2. The average Bonchev–Trinajstić information content (AvgIpc) is 2.88. The maximum absolute atomic E-state index is 12.8. The van der Waals surface area contributed by atoms with E-state index in [1.165, 1.54) is 0 Å². The van der Waals surface area contributed by atoms with Gasteiger partial charge >= 0.3 is 0 Å². The largest absolute Gasteiger partial charge is 0.381 e. The van der Waals surface area contributed by atoms with Crippen LogP contribution >= 0.6 is 0 Å². The van der Waals surface area contributed by atoms with Crippen molar-refractivity contribution in [2.75, 3.05) is 14.2 Å². The summed E-state index contributed by atoms with van der Waals surface area (Å²) in [7, 11) is 5.41. The van der Waals surface area contributed by atoms with E-state index in [0.29, 0.717) is 11.3 Å². The molecule has 1 amide bonds. The number of methoxy groups -OCH3 is 1. The zero-order valence-electron chi connectivity index (χ0n) is 14.1. The zero-order valence-corrected chi connectivity index (χ0v) is 14.1. The number of nitrogens with zero attached hydrogens (tertiary/aromatic N) is 3. The summed E-state index contributed by atoms with van der Waals surface area (Å²) >= 11 is 0. The molecule has 0 aromatic carbocycles. The molecule has 1 saturated carbocycles. The van der Waals surface area contributed by atoms with Gasteiger partial charge in [-0.25, -0.2) is 0 Å². The van der Waals surface area contributed by atoms with E-state index in [1.807, 2.05) is 11.9 Å². The minimum absolute atomic E-state index is 0.0301. The van der Waals surface area contributed by atoms with Crippen molar-refractivity contribution in [1.29, 1.82) is 5.26 Å². The van der Waals surface area contributed by atoms with Crippen LogP contribution in [0.3, 0.4) is 0 Å². The molecule has 0 bridgehead atoms. The van der Waals surface area contributed by atoms with Crippen LogP contribution in [0.5, 0.6) is 0 Å². The minimum Gasteiger partial charge on any atom is -0.381 e. The van der Waals surface area contributed by atoms with E-state index in [0.717, 1.165) is 19.3 Å². The standard InChI is InChI=1S/C17H25N3O2/c1-6-17(7-2)14(9-15(17)22-5)20(4)16(21)13-8-12(10-18)11-19(13)3/h8,11,14-15H,6-7,9H2,1-5H3. The number of aromatic nitrogens is 1. The van der Waals surface area contributed by atoms with Crippen molar-refractivity contribution in [2.24, 2.45) is 12.5 Å². The van der Waals surface area contributed by atoms with E-state index in [-0.39, 0.29) is 23.5 Å². The number of carbonyl (C=O) groups excluding carboxylic acids is 1. The lowest BCUT2D eigenvalue weighted by atomic mass is 9.58. The van der Waals surface area contributed by atoms with Crippen LogP contribution in [0.2, 0.25) is 0 Å². The van der Waals surface area contributed by atoms with Gasteiger partial charge in [-0.1, -0.05) is 13.8 Å². The van der Waals surface area contributed by atoms with E-state index < -0.39 is 0 Å². The van der Waals surface area contributed by atoms with Crippen LogP contribution in [-0.2, 0) is 11.8 Å². The molecular weight excluding hydrogens is 278 g/mol. The Morgan fingerprint density at radius 3 is 2.64 bits per heavy atom. The number of hydrogen-bond donors (Lipinski definition) is 0. The van der Waals surface area contributed by atoms with Crippen LogP contribution in [-0.4, -0.2) is 41.7 Å². The molecule has 1 aliphatic carbocycles. The summed E-state index contributed by atoms with van der Waals surface area (Å²) in [4.78, 5) is 14.6. The molecule has 0 spiro atoms. The monoisotopic (exact) mass is 303 g/mol. The van der Waals surface area contributed by atoms with Crippen LogP contribution in [0, 0.1) is 16.7 Å². The summed E-state index contributed by atoms with van der Waals surface area (Å²) < 4.78 is 7.33. The lowest BCUT2D eigenvalue weighted by Gasteiger charge is -2.57. The molecule has 1 aliphatic rings. The Labute approximate surface area is 132 Å². The van der Waals surface area contributed by atoms with Crippen molar-refractivity contribution in [3.8, 4) is 6.07 Å². The molecule has 0 aliphatic heterocycles. The van der Waals surface area contributed by atoms with Crippen molar-refractivity contribution in [2.45, 2.75) is 45.3 Å². The Morgan fingerprint density at radius 1 is 1.55 bits per heavy atom. The third-order valence-electron chi connectivity index (χ3n) is 5.48. The second kappa shape index (κ2) is 6.13. The SMILES string of the molecule is CCC1(CC)C(OC)CC1N(C)C(=O)c1cc(C#N)cn1C. The number of ether oxygens (including phenoxy) is 1. The molecule has 22 heavy (non-hydrogen) atoms. The Morgan fingerprint density at radius 2 is 2.18 bits per heavy atom. The fourth-order valence-electron chi connectivity index (χ4n) is 3.94. The van der Waals surface area contributed by atoms with Crippen LogP contribution in [0.4, 0.5) is 0 Å². The van der Waals surface area contributed by atoms with Gasteiger partial charge in [0.1, 0.15) is 11.8 Å². The Balaban J connectivity index is 2.24. The highest BCUT2D eigenvalue weighted by atomic mass is 16.5. The van der Waals surface area contributed by atoms with E-state index in [2.05, 4.69) is 19.9 Å². The van der Waals surface area contributed by atoms with Gasteiger partial charge in [-0.3, -0.25) is 4.79 Å². The minimum atomic E-state index is -0.0326. The van der Waals surface area contributed by atoms with Gasteiger partial charge in [0.05, 0.1) is 11.7 Å². The summed E-state index contributed by atoms with van der Waals surface area (Å²) in [6, 6.07) is 3.92. The second-order valence-corrected chi connectivity index (χ2v) is 6.17. The van der Waals surface area contributed by atoms with Gasteiger partial charge in [0, 0.05) is 38.9 Å². The number of carbonyl (C=O) groups is 1. The van der Waals surface area contributed by atoms with Gasteiger partial charge in [0.2, 0.25) is 0 Å². The molecule has 1 aromatic rings. The smallest absolute Gasteiger partial charge is 0.270 e. The molecule has 120 valence electrons. The van der Waals surface area contributed by atoms with Gasteiger partial charge < -0.3 is 14.2 Å². The molecule has 5 nitrogen and oxygen atoms in total. The number of rotatable bonds is 5. The van der Waals surface area contributed by atoms with Gasteiger partial charge in [-0.2, -0.15) is 5.26 Å². The average molecular weight is 303 g/mol. The maximum Gasteiger partial charge on any atom is 0.270 e. The van der Waals surface area contributed by atoms with Gasteiger partial charge in [0.15, 0.2) is 0 Å². The highest BCUT2D eigenvalue weighted by Gasteiger charge is 2.55. The first-order valence-corrected chi connectivity index (χ1v) is 7.81. The highest BCUT2D eigenvalue weighted by Crippen LogP contribution is 2.51. The molecule has 2 unspecified atom stereocenters. The van der Waals surface area contributed by atoms with Crippen LogP contribution in [0.15, 0.2) is 12.3 Å². The normalized spacial score (nSPS) is 22.7. The highest BCUT2D eigenvalue weighted by molar-refractivity contribution is 5.93. The quantitative estimate of drug-likeness (QED) is 0.840. The van der Waals surface area contributed by atoms with E-state index in [1.54, 1.807) is 31.0 Å². The molecule has 2 atom stereocenters. The molecule has 0 radical (unpaired) electrons. The third-order valence-corrected chi connectivity index (χ3v) is 5.48. The number of amides is 1. The summed E-state index contributed by atoms with van der Waals surface area (Å²) in [6.07, 6.45) is 4.75. The van der Waals surface area contributed by atoms with Crippen molar-refractivity contribution in [3.05, 3.63) is 23.5 Å². The van der Waals surface area contributed by atoms with E-state index in [4.69, 9.17) is 10.00 Å². The van der Waals surface area contributed by atoms with Crippen molar-refractivity contribution in [1.82, 2.24) is 9.47 Å². The van der Waals surface area contributed by atoms with Crippen molar-refractivity contribution < 1.29 is 9.53 Å². The van der Waals surface area contributed by atoms with Gasteiger partial charge in [-0.05, 0) is 25.3 Å². The molecule has 0 N–H and O–H groups in total. The number of aryl methyl sites for hydroxylation is 1. The van der Waals surface area contributed by atoms with Gasteiger partial charge in [-0.15, -0.1) is 0 Å². The molecule has 1 fully saturated rings. The lowest BCUT2D eigenvalue weighted by Crippen LogP contribution is -2.64. The predicted octanol–water partition coefficient (Wildman–Crippen LogP) is 2.56. The topological polar surface area (TPSA) is 58.3 Å². The van der Waals surface area contributed by atoms with Gasteiger partial charge in [0.25, 0.3) is 5.91 Å². The molecule has 5 heteroatoms. The number of hydrogen-bond acceptors (Lipinski definition) is 3. The Bertz CT molecular complexity index is 596. The van der Waals surface area contributed by atoms with Crippen LogP contribution in [0.1, 0.15) is 49.2 Å². The van der Waals surface area contributed by atoms with Crippen LogP contribution < -0.4 is 0 Å². The van der Waals surface area contributed by atoms with E-state index >= 15 is 0 Å². The lowest BCUT2D eigenvalue weighted by molar-refractivity contribution is -0.147. The third kappa shape index (κ3) is 2.32. The molecule has 1 aromatic heterocycles. The van der Waals surface area contributed by atoms with Crippen LogP contribution in [0.25, 0.3) is 0 Å². The summed E-state index contributed by atoms with van der Waals surface area (Å²) in [6.45, 7) is 4.33. The first-order chi connectivity index (χ1) is 10.4. The predicted molar refractivity (Wildman–Crippen MR) is 84.4 cm³/mol. The fourth-order valence-corrected chi connectivity index (χ4v) is 3.94. The zero-order chi connectivity index (χ0) is 16.5. The Kier molecular flexibility index (Phi) is 4.62. The molecule has 1 heterocycles. The second-order valence-electron chi connectivity index (χ2n) is 6.17. The molecule has 2 rings (SSSR count). The number of nitriles is 1. The fraction of sp³-hybridized carbons (Fsp3) is 0.647. The summed E-state index contributed by atoms with van der Waals surface area (Å²) in [5, 5.41) is 8.98. The molecule has 0 saturated heterocycles. The Hall–Kier alpha value is -1.80. The summed E-state index contributed by atoms with van der Waals surface area (Å²) in [5.41, 5.74) is 1.10. The van der Waals surface area contributed by atoms with Crippen molar-refractivity contribution >= 4 is 5.91 Å². The first kappa shape index (κ1) is 16.6. The summed E-state index contributed by atoms with van der Waals surface area (Å²) in [5.74, 6) is -0.0326. The van der Waals surface area contributed by atoms with E-state index in [9.17, 15) is 4.79 Å².